The van der Waals surface area contributed by atoms with Gasteiger partial charge < -0.3 is 10.2 Å². The van der Waals surface area contributed by atoms with Crippen LogP contribution in [0.1, 0.15) is 16.7 Å². The van der Waals surface area contributed by atoms with Gasteiger partial charge in [0.1, 0.15) is 11.5 Å². The SMILES string of the molecule is OC1=CC2C=CC(C3(c4ccc5cc(O)ccc5c4)c4ccc5ccccc5c4-c4c3ccc3ccccc43)=CC2C=C1. The molecule has 43 heavy (non-hydrogen) atoms. The molecule has 0 radical (unpaired) electrons. The Morgan fingerprint density at radius 3 is 1.81 bits per heavy atom. The molecule has 0 saturated carbocycles. The van der Waals surface area contributed by atoms with E-state index in [9.17, 15) is 10.2 Å². The third-order valence-corrected chi connectivity index (χ3v) is 9.77. The van der Waals surface area contributed by atoms with Gasteiger partial charge in [0, 0.05) is 11.8 Å². The van der Waals surface area contributed by atoms with Gasteiger partial charge in [-0.05, 0) is 96.1 Å². The second kappa shape index (κ2) is 8.83. The zero-order valence-electron chi connectivity index (χ0n) is 23.4. The number of fused-ring (bicyclic) bond motifs is 9. The molecule has 0 aromatic heterocycles. The van der Waals surface area contributed by atoms with E-state index in [0.717, 1.165) is 10.8 Å². The molecule has 3 aliphatic carbocycles. The summed E-state index contributed by atoms with van der Waals surface area (Å²) in [5.74, 6) is 0.871. The second-order valence-electron chi connectivity index (χ2n) is 12.0. The minimum absolute atomic E-state index is 0.124. The Hall–Kier alpha value is -5.34. The summed E-state index contributed by atoms with van der Waals surface area (Å²) < 4.78 is 0. The Bertz CT molecular complexity index is 2190. The molecule has 6 aromatic rings. The van der Waals surface area contributed by atoms with Crippen LogP contribution in [0.25, 0.3) is 43.4 Å². The van der Waals surface area contributed by atoms with Gasteiger partial charge in [-0.25, -0.2) is 0 Å². The van der Waals surface area contributed by atoms with Crippen molar-refractivity contribution in [3.8, 4) is 16.9 Å². The lowest BCUT2D eigenvalue weighted by Gasteiger charge is -2.38. The number of phenolic OH excluding ortho intramolecular Hbond substituents is 1. The van der Waals surface area contributed by atoms with Gasteiger partial charge in [-0.2, -0.15) is 0 Å². The predicted octanol–water partition coefficient (Wildman–Crippen LogP) is 9.91. The molecule has 0 spiro atoms. The third-order valence-electron chi connectivity index (χ3n) is 9.77. The Balaban J connectivity index is 1.45. The van der Waals surface area contributed by atoms with E-state index in [-0.39, 0.29) is 17.6 Å². The number of phenols is 1. The molecule has 204 valence electrons. The summed E-state index contributed by atoms with van der Waals surface area (Å²) in [4.78, 5) is 0. The molecular formula is C41H28O2. The average Bonchev–Trinajstić information content (AvgIpc) is 3.36. The summed E-state index contributed by atoms with van der Waals surface area (Å²) in [6.45, 7) is 0. The molecule has 0 heterocycles. The van der Waals surface area contributed by atoms with E-state index in [1.807, 2.05) is 24.3 Å². The van der Waals surface area contributed by atoms with Crippen molar-refractivity contribution in [1.29, 1.82) is 0 Å². The lowest BCUT2D eigenvalue weighted by atomic mass is 9.64. The molecule has 0 saturated heterocycles. The molecule has 2 atom stereocenters. The van der Waals surface area contributed by atoms with Gasteiger partial charge in [-0.3, -0.25) is 0 Å². The van der Waals surface area contributed by atoms with Crippen LogP contribution in [0.3, 0.4) is 0 Å². The lowest BCUT2D eigenvalue weighted by molar-refractivity contribution is 0.416. The highest BCUT2D eigenvalue weighted by atomic mass is 16.3. The van der Waals surface area contributed by atoms with Gasteiger partial charge in [0.15, 0.2) is 0 Å². The average molecular weight is 553 g/mol. The van der Waals surface area contributed by atoms with E-state index in [1.165, 1.54) is 54.9 Å². The Morgan fingerprint density at radius 2 is 1.09 bits per heavy atom. The van der Waals surface area contributed by atoms with Crippen LogP contribution in [0.15, 0.2) is 157 Å². The largest absolute Gasteiger partial charge is 0.508 e. The number of allylic oxidation sites excluding steroid dienone is 7. The van der Waals surface area contributed by atoms with E-state index >= 15 is 0 Å². The minimum Gasteiger partial charge on any atom is -0.508 e. The van der Waals surface area contributed by atoms with Crippen molar-refractivity contribution < 1.29 is 10.2 Å². The van der Waals surface area contributed by atoms with Crippen molar-refractivity contribution in [2.45, 2.75) is 5.41 Å². The maximum absolute atomic E-state index is 10.2. The van der Waals surface area contributed by atoms with Crippen molar-refractivity contribution >= 4 is 32.3 Å². The fraction of sp³-hybridized carbons (Fsp3) is 0.0732. The van der Waals surface area contributed by atoms with Crippen LogP contribution >= 0.6 is 0 Å². The lowest BCUT2D eigenvalue weighted by Crippen LogP contribution is -2.31. The molecule has 3 aliphatic rings. The minimum atomic E-state index is -0.566. The highest BCUT2D eigenvalue weighted by molar-refractivity contribution is 6.12. The monoisotopic (exact) mass is 552 g/mol. The molecule has 9 rings (SSSR count). The summed E-state index contributed by atoms with van der Waals surface area (Å²) in [5, 5.41) is 27.5. The molecule has 2 unspecified atom stereocenters. The van der Waals surface area contributed by atoms with Crippen LogP contribution in [0, 0.1) is 11.8 Å². The van der Waals surface area contributed by atoms with Gasteiger partial charge in [0.25, 0.3) is 0 Å². The first-order valence-electron chi connectivity index (χ1n) is 14.9. The van der Waals surface area contributed by atoms with Crippen molar-refractivity contribution in [3.63, 3.8) is 0 Å². The van der Waals surface area contributed by atoms with Crippen LogP contribution in [0.2, 0.25) is 0 Å². The number of rotatable bonds is 2. The molecule has 2 heteroatoms. The smallest absolute Gasteiger partial charge is 0.116 e. The molecule has 2 nitrogen and oxygen atoms in total. The maximum Gasteiger partial charge on any atom is 0.116 e. The van der Waals surface area contributed by atoms with Gasteiger partial charge in [0.05, 0.1) is 5.41 Å². The van der Waals surface area contributed by atoms with Crippen molar-refractivity contribution in [1.82, 2.24) is 0 Å². The zero-order valence-corrected chi connectivity index (χ0v) is 23.4. The van der Waals surface area contributed by atoms with Crippen molar-refractivity contribution in [2.24, 2.45) is 11.8 Å². The Kier molecular flexibility index (Phi) is 4.99. The first-order chi connectivity index (χ1) is 21.1. The van der Waals surface area contributed by atoms with Crippen LogP contribution in [-0.4, -0.2) is 10.2 Å². The van der Waals surface area contributed by atoms with E-state index in [4.69, 9.17) is 0 Å². The summed E-state index contributed by atoms with van der Waals surface area (Å²) >= 11 is 0. The summed E-state index contributed by atoms with van der Waals surface area (Å²) in [7, 11) is 0. The number of aliphatic hydroxyl groups excluding tert-OH is 1. The standard InChI is InChI=1S/C41H28O2/c42-33-17-11-27-21-31(15-9-29(27)23-33)41(32-16-10-30-24-34(43)18-12-28(30)22-32)37-19-13-25-5-1-3-7-35(25)39(37)40-36-8-4-2-6-26(36)14-20-38(40)41/h1-24,27,29,42-43H. The van der Waals surface area contributed by atoms with Crippen LogP contribution in [0.5, 0.6) is 5.75 Å². The first-order valence-corrected chi connectivity index (χ1v) is 14.9. The fourth-order valence-electron chi connectivity index (χ4n) is 7.89. The molecule has 6 aromatic carbocycles. The highest BCUT2D eigenvalue weighted by Crippen LogP contribution is 2.60. The molecule has 2 N–H and O–H groups in total. The molecule has 0 fully saturated rings. The number of aromatic hydroxyl groups is 1. The number of hydrogen-bond donors (Lipinski definition) is 2. The van der Waals surface area contributed by atoms with E-state index in [0.29, 0.717) is 5.76 Å². The van der Waals surface area contributed by atoms with Crippen LogP contribution < -0.4 is 0 Å². The summed E-state index contributed by atoms with van der Waals surface area (Å²) in [6, 6.07) is 39.0. The molecule has 0 aliphatic heterocycles. The van der Waals surface area contributed by atoms with Crippen molar-refractivity contribution in [3.05, 3.63) is 174 Å². The van der Waals surface area contributed by atoms with Gasteiger partial charge in [-0.1, -0.05) is 115 Å². The van der Waals surface area contributed by atoms with Crippen molar-refractivity contribution in [2.75, 3.05) is 0 Å². The van der Waals surface area contributed by atoms with E-state index in [2.05, 4.69) is 115 Å². The number of aliphatic hydroxyl groups is 1. The second-order valence-corrected chi connectivity index (χ2v) is 12.0. The van der Waals surface area contributed by atoms with Crippen LogP contribution in [0.4, 0.5) is 0 Å². The van der Waals surface area contributed by atoms with Gasteiger partial charge >= 0.3 is 0 Å². The van der Waals surface area contributed by atoms with Gasteiger partial charge in [-0.15, -0.1) is 0 Å². The third kappa shape index (κ3) is 3.35. The molecule has 0 amide bonds. The quantitative estimate of drug-likeness (QED) is 0.224. The van der Waals surface area contributed by atoms with E-state index < -0.39 is 5.41 Å². The van der Waals surface area contributed by atoms with Crippen LogP contribution in [-0.2, 0) is 5.41 Å². The molecular weight excluding hydrogens is 524 g/mol. The fourth-order valence-corrected chi connectivity index (χ4v) is 7.89. The maximum atomic E-state index is 10.2. The topological polar surface area (TPSA) is 40.5 Å². The highest BCUT2D eigenvalue weighted by Gasteiger charge is 2.48. The van der Waals surface area contributed by atoms with E-state index in [1.54, 1.807) is 6.07 Å². The Morgan fingerprint density at radius 1 is 0.512 bits per heavy atom. The summed E-state index contributed by atoms with van der Waals surface area (Å²) in [6.07, 6.45) is 12.8. The normalized spacial score (nSPS) is 19.6. The number of benzene rings is 6. The first kappa shape index (κ1) is 24.3. The molecule has 0 bridgehead atoms. The zero-order chi connectivity index (χ0) is 28.7. The summed E-state index contributed by atoms with van der Waals surface area (Å²) in [5.41, 5.74) is 7.02. The Labute approximate surface area is 249 Å². The number of hydrogen-bond acceptors (Lipinski definition) is 2. The van der Waals surface area contributed by atoms with Gasteiger partial charge in [0.2, 0.25) is 0 Å². The predicted molar refractivity (Wildman–Crippen MR) is 176 cm³/mol.